The van der Waals surface area contributed by atoms with E-state index in [4.69, 9.17) is 4.74 Å². The summed E-state index contributed by atoms with van der Waals surface area (Å²) < 4.78 is 9.37. The van der Waals surface area contributed by atoms with Gasteiger partial charge in [0.1, 0.15) is 5.69 Å². The van der Waals surface area contributed by atoms with E-state index in [0.29, 0.717) is 5.69 Å². The van der Waals surface area contributed by atoms with E-state index in [2.05, 4.69) is 15.0 Å². The van der Waals surface area contributed by atoms with Gasteiger partial charge >= 0.3 is 5.97 Å². The third-order valence-corrected chi connectivity index (χ3v) is 2.04. The van der Waals surface area contributed by atoms with Crippen molar-refractivity contribution in [1.29, 1.82) is 0 Å². The van der Waals surface area contributed by atoms with Crippen LogP contribution in [0.4, 0.5) is 0 Å². The van der Waals surface area contributed by atoms with Crippen LogP contribution in [-0.2, 0) is 14.3 Å². The molecule has 16 heavy (non-hydrogen) atoms. The molecule has 0 fully saturated rings. The van der Waals surface area contributed by atoms with Gasteiger partial charge in [-0.15, -0.1) is 0 Å². The molecular weight excluding hydrogens is 212 g/mol. The summed E-state index contributed by atoms with van der Waals surface area (Å²) in [5.74, 6) is -0.815. The maximum Gasteiger partial charge on any atom is 0.336 e. The molecule has 0 aliphatic carbocycles. The Balaban J connectivity index is 2.44. The first kappa shape index (κ1) is 12.3. The van der Waals surface area contributed by atoms with Crippen LogP contribution in [-0.4, -0.2) is 43.7 Å². The molecule has 1 aromatic heterocycles. The van der Waals surface area contributed by atoms with E-state index in [1.807, 2.05) is 0 Å². The van der Waals surface area contributed by atoms with E-state index < -0.39 is 12.1 Å². The maximum atomic E-state index is 11.5. The number of hydrogen-bond acceptors (Lipinski definition) is 4. The smallest absolute Gasteiger partial charge is 0.336 e. The van der Waals surface area contributed by atoms with Gasteiger partial charge < -0.3 is 19.8 Å². The minimum absolute atomic E-state index is 0.0705. The molecule has 0 saturated heterocycles. The number of amides is 1. The Labute approximate surface area is 92.9 Å². The van der Waals surface area contributed by atoms with Gasteiger partial charge in [-0.05, 0) is 12.1 Å². The maximum absolute atomic E-state index is 11.5. The third-order valence-electron chi connectivity index (χ3n) is 2.04. The fourth-order valence-electron chi connectivity index (χ4n) is 1.15. The molecule has 0 aromatic carbocycles. The van der Waals surface area contributed by atoms with Gasteiger partial charge in [-0.3, -0.25) is 4.79 Å². The number of hydrogen-bond donors (Lipinski definition) is 2. The monoisotopic (exact) mass is 226 g/mol. The summed E-state index contributed by atoms with van der Waals surface area (Å²) in [6.07, 6.45) is 0.854. The van der Waals surface area contributed by atoms with Crippen molar-refractivity contribution in [1.82, 2.24) is 10.3 Å². The average Bonchev–Trinajstić information content (AvgIpc) is 2.82. The molecule has 6 nitrogen and oxygen atoms in total. The van der Waals surface area contributed by atoms with E-state index in [-0.39, 0.29) is 12.5 Å². The van der Waals surface area contributed by atoms with Crippen LogP contribution in [0.1, 0.15) is 10.5 Å². The predicted octanol–water partition coefficient (Wildman–Crippen LogP) is -0.0675. The van der Waals surface area contributed by atoms with E-state index in [1.54, 1.807) is 18.3 Å². The second kappa shape index (κ2) is 5.92. The number of carbonyl (C=O) groups is 2. The van der Waals surface area contributed by atoms with Gasteiger partial charge in [-0.25, -0.2) is 4.79 Å². The fourth-order valence-corrected chi connectivity index (χ4v) is 1.15. The molecule has 1 aromatic rings. The zero-order valence-electron chi connectivity index (χ0n) is 9.15. The predicted molar refractivity (Wildman–Crippen MR) is 55.9 cm³/mol. The SMILES string of the molecule is COC(=O)C(CNC(=O)c1ccc[nH]1)OC. The summed E-state index contributed by atoms with van der Waals surface area (Å²) in [6, 6.07) is 3.35. The van der Waals surface area contributed by atoms with E-state index in [9.17, 15) is 9.59 Å². The summed E-state index contributed by atoms with van der Waals surface area (Å²) >= 11 is 0. The van der Waals surface area contributed by atoms with Crippen molar-refractivity contribution in [3.63, 3.8) is 0 Å². The van der Waals surface area contributed by atoms with Gasteiger partial charge in [0.25, 0.3) is 5.91 Å². The molecule has 0 aliphatic heterocycles. The van der Waals surface area contributed by atoms with Crippen LogP contribution in [0.25, 0.3) is 0 Å². The number of nitrogens with one attached hydrogen (secondary N) is 2. The molecule has 1 rings (SSSR count). The first-order valence-corrected chi connectivity index (χ1v) is 4.71. The quantitative estimate of drug-likeness (QED) is 0.689. The molecular formula is C10H14N2O4. The van der Waals surface area contributed by atoms with Gasteiger partial charge in [0.15, 0.2) is 6.10 Å². The molecule has 0 bridgehead atoms. The Morgan fingerprint density at radius 1 is 1.50 bits per heavy atom. The molecule has 0 aliphatic rings. The van der Waals surface area contributed by atoms with Crippen LogP contribution in [0.3, 0.4) is 0 Å². The highest BCUT2D eigenvalue weighted by Gasteiger charge is 2.19. The Hall–Kier alpha value is -1.82. The number of ether oxygens (including phenoxy) is 2. The van der Waals surface area contributed by atoms with Crippen molar-refractivity contribution in [2.24, 2.45) is 0 Å². The van der Waals surface area contributed by atoms with Crippen LogP contribution in [0.2, 0.25) is 0 Å². The lowest BCUT2D eigenvalue weighted by Crippen LogP contribution is -2.38. The molecule has 1 unspecified atom stereocenters. The zero-order valence-corrected chi connectivity index (χ0v) is 9.15. The van der Waals surface area contributed by atoms with Gasteiger partial charge in [0.05, 0.1) is 13.7 Å². The summed E-state index contributed by atoms with van der Waals surface area (Å²) in [6.45, 7) is 0.0705. The molecule has 6 heteroatoms. The lowest BCUT2D eigenvalue weighted by Gasteiger charge is -2.13. The van der Waals surface area contributed by atoms with E-state index >= 15 is 0 Å². The highest BCUT2D eigenvalue weighted by molar-refractivity contribution is 5.92. The molecule has 1 atom stereocenters. The van der Waals surface area contributed by atoms with Crippen LogP contribution in [0, 0.1) is 0 Å². The number of methoxy groups -OCH3 is 2. The first-order chi connectivity index (χ1) is 7.69. The van der Waals surface area contributed by atoms with Crippen LogP contribution in [0.15, 0.2) is 18.3 Å². The van der Waals surface area contributed by atoms with E-state index in [0.717, 1.165) is 0 Å². The molecule has 0 saturated carbocycles. The second-order valence-electron chi connectivity index (χ2n) is 3.04. The summed E-state index contributed by atoms with van der Waals surface area (Å²) in [7, 11) is 2.64. The Kier molecular flexibility index (Phi) is 4.53. The number of H-pyrrole nitrogens is 1. The van der Waals surface area contributed by atoms with Crippen molar-refractivity contribution in [3.05, 3.63) is 24.0 Å². The molecule has 1 heterocycles. The minimum Gasteiger partial charge on any atom is -0.467 e. The number of esters is 1. The Morgan fingerprint density at radius 3 is 2.75 bits per heavy atom. The normalized spacial score (nSPS) is 11.9. The Bertz CT molecular complexity index is 348. The van der Waals surface area contributed by atoms with Crippen molar-refractivity contribution in [2.75, 3.05) is 20.8 Å². The molecule has 88 valence electrons. The number of rotatable bonds is 5. The number of aromatic nitrogens is 1. The Morgan fingerprint density at radius 2 is 2.25 bits per heavy atom. The lowest BCUT2D eigenvalue weighted by atomic mass is 10.3. The lowest BCUT2D eigenvalue weighted by molar-refractivity contribution is -0.151. The molecule has 0 radical (unpaired) electrons. The third kappa shape index (κ3) is 3.09. The van der Waals surface area contributed by atoms with Gasteiger partial charge in [0, 0.05) is 13.3 Å². The molecule has 1 amide bonds. The summed E-state index contributed by atoms with van der Waals surface area (Å²) in [4.78, 5) is 25.4. The topological polar surface area (TPSA) is 80.4 Å². The highest BCUT2D eigenvalue weighted by atomic mass is 16.6. The van der Waals surface area contributed by atoms with Crippen LogP contribution >= 0.6 is 0 Å². The largest absolute Gasteiger partial charge is 0.467 e. The van der Waals surface area contributed by atoms with Gasteiger partial charge in [0.2, 0.25) is 0 Å². The summed E-state index contributed by atoms with van der Waals surface area (Å²) in [5, 5.41) is 2.56. The second-order valence-corrected chi connectivity index (χ2v) is 3.04. The standard InChI is InChI=1S/C10H14N2O4/c1-15-8(10(14)16-2)6-12-9(13)7-4-3-5-11-7/h3-5,8,11H,6H2,1-2H3,(H,12,13). The van der Waals surface area contributed by atoms with Crippen molar-refractivity contribution < 1.29 is 19.1 Å². The summed E-state index contributed by atoms with van der Waals surface area (Å²) in [5.41, 5.74) is 0.430. The van der Waals surface area contributed by atoms with Gasteiger partial charge in [-0.1, -0.05) is 0 Å². The average molecular weight is 226 g/mol. The molecule has 0 spiro atoms. The number of carbonyl (C=O) groups excluding carboxylic acids is 2. The van der Waals surface area contributed by atoms with Crippen molar-refractivity contribution >= 4 is 11.9 Å². The fraction of sp³-hybridized carbons (Fsp3) is 0.400. The first-order valence-electron chi connectivity index (χ1n) is 4.71. The number of aromatic amines is 1. The molecule has 2 N–H and O–H groups in total. The van der Waals surface area contributed by atoms with E-state index in [1.165, 1.54) is 14.2 Å². The zero-order chi connectivity index (χ0) is 12.0. The van der Waals surface area contributed by atoms with Crippen LogP contribution < -0.4 is 5.32 Å². The minimum atomic E-state index is -0.788. The highest BCUT2D eigenvalue weighted by Crippen LogP contribution is 1.96. The van der Waals surface area contributed by atoms with Gasteiger partial charge in [-0.2, -0.15) is 0 Å². The van der Waals surface area contributed by atoms with Crippen molar-refractivity contribution in [3.8, 4) is 0 Å². The van der Waals surface area contributed by atoms with Crippen molar-refractivity contribution in [2.45, 2.75) is 6.10 Å². The van der Waals surface area contributed by atoms with Crippen LogP contribution in [0.5, 0.6) is 0 Å².